The molecule has 0 bridgehead atoms. The molecule has 0 aromatic carbocycles. The summed E-state index contributed by atoms with van der Waals surface area (Å²) in [5.41, 5.74) is 0. The van der Waals surface area contributed by atoms with Crippen molar-refractivity contribution >= 4 is 5.91 Å². The number of carbonyl (C=O) groups is 1. The van der Waals surface area contributed by atoms with E-state index in [0.717, 1.165) is 83.5 Å². The molecule has 0 saturated carbocycles. The van der Waals surface area contributed by atoms with Crippen LogP contribution in [0.4, 0.5) is 0 Å². The van der Waals surface area contributed by atoms with E-state index < -0.39 is 86.8 Å². The molecule has 2 saturated heterocycles. The van der Waals surface area contributed by atoms with Gasteiger partial charge in [0.1, 0.15) is 48.8 Å². The Morgan fingerprint density at radius 1 is 0.500 bits per heavy atom. The standard InChI is InChI=1S/C60H101NO13/c1-3-5-7-9-11-13-15-17-18-19-20-21-22-23-24-25-26-27-28-29-30-32-34-36-38-40-42-44-52(65)61-48(49(64)43-41-39-37-35-33-31-16-14-12-10-8-6-4-2)47-71-59-57(70)55(68)58(51(46-63)73-59)74-60-56(69)54(67)53(66)50(45-62)72-60/h5,7,11-14,17-18,20-21,23-24,33,35,41,43,48-51,53-60,62-64,66-70H,3-4,6,8-10,15-16,19,22,25-32,34,36-40,42,44-47H2,1-2H3,(H,61,65)/b7-5-,13-11-,14-12+,18-17-,21-20-,24-23-,35-33+,43-41+. The summed E-state index contributed by atoms with van der Waals surface area (Å²) >= 11 is 0. The van der Waals surface area contributed by atoms with E-state index in [1.54, 1.807) is 6.08 Å². The van der Waals surface area contributed by atoms with Crippen LogP contribution in [0, 0.1) is 0 Å². The molecule has 2 fully saturated rings. The minimum Gasteiger partial charge on any atom is -0.394 e. The molecule has 424 valence electrons. The van der Waals surface area contributed by atoms with E-state index in [1.807, 2.05) is 6.08 Å². The Hall–Kier alpha value is -3.09. The van der Waals surface area contributed by atoms with Gasteiger partial charge in [0.2, 0.25) is 5.91 Å². The minimum absolute atomic E-state index is 0.260. The summed E-state index contributed by atoms with van der Waals surface area (Å²) in [5.74, 6) is -0.263. The first-order valence-corrected chi connectivity index (χ1v) is 28.5. The Bertz CT molecular complexity index is 1610. The van der Waals surface area contributed by atoms with Crippen molar-refractivity contribution in [1.29, 1.82) is 0 Å². The van der Waals surface area contributed by atoms with Gasteiger partial charge in [-0.1, -0.05) is 182 Å². The quantitative estimate of drug-likeness (QED) is 0.0205. The van der Waals surface area contributed by atoms with Crippen molar-refractivity contribution in [2.75, 3.05) is 19.8 Å². The van der Waals surface area contributed by atoms with Crippen molar-refractivity contribution in [2.45, 2.75) is 254 Å². The first kappa shape index (κ1) is 67.0. The van der Waals surface area contributed by atoms with E-state index in [9.17, 15) is 45.6 Å². The Balaban J connectivity index is 1.75. The van der Waals surface area contributed by atoms with E-state index in [0.29, 0.717) is 12.8 Å². The van der Waals surface area contributed by atoms with E-state index in [4.69, 9.17) is 18.9 Å². The maximum absolute atomic E-state index is 13.2. The Labute approximate surface area is 445 Å². The van der Waals surface area contributed by atoms with Crippen molar-refractivity contribution in [3.05, 3.63) is 97.2 Å². The van der Waals surface area contributed by atoms with Gasteiger partial charge in [0.25, 0.3) is 0 Å². The predicted molar refractivity (Wildman–Crippen MR) is 295 cm³/mol. The van der Waals surface area contributed by atoms with Crippen LogP contribution in [0.15, 0.2) is 97.2 Å². The van der Waals surface area contributed by atoms with Crippen molar-refractivity contribution < 1.29 is 64.6 Å². The molecule has 74 heavy (non-hydrogen) atoms. The van der Waals surface area contributed by atoms with Gasteiger partial charge in [-0.25, -0.2) is 0 Å². The number of hydrogen-bond acceptors (Lipinski definition) is 13. The monoisotopic (exact) mass is 1040 g/mol. The van der Waals surface area contributed by atoms with Crippen LogP contribution in [0.25, 0.3) is 0 Å². The van der Waals surface area contributed by atoms with Gasteiger partial charge in [0, 0.05) is 6.42 Å². The smallest absolute Gasteiger partial charge is 0.220 e. The second-order valence-corrected chi connectivity index (χ2v) is 19.7. The Kier molecular flexibility index (Phi) is 40.7. The maximum atomic E-state index is 13.2. The van der Waals surface area contributed by atoms with Crippen LogP contribution in [-0.4, -0.2) is 140 Å². The predicted octanol–water partition coefficient (Wildman–Crippen LogP) is 9.10. The third-order valence-corrected chi connectivity index (χ3v) is 13.2. The van der Waals surface area contributed by atoms with Crippen molar-refractivity contribution in [3.63, 3.8) is 0 Å². The summed E-state index contributed by atoms with van der Waals surface area (Å²) in [6.45, 7) is 2.60. The van der Waals surface area contributed by atoms with E-state index in [-0.39, 0.29) is 18.9 Å². The average Bonchev–Trinajstić information content (AvgIpc) is 3.40. The molecule has 1 amide bonds. The number of nitrogens with one attached hydrogen (secondary N) is 1. The van der Waals surface area contributed by atoms with Gasteiger partial charge in [-0.05, 0) is 89.9 Å². The van der Waals surface area contributed by atoms with E-state index in [1.165, 1.54) is 64.2 Å². The molecular weight excluding hydrogens is 943 g/mol. The molecule has 0 aromatic rings. The number of carbonyl (C=O) groups excluding carboxylic acids is 1. The number of hydrogen-bond donors (Lipinski definition) is 9. The van der Waals surface area contributed by atoms with Crippen molar-refractivity contribution in [2.24, 2.45) is 0 Å². The van der Waals surface area contributed by atoms with Crippen LogP contribution in [0.2, 0.25) is 0 Å². The van der Waals surface area contributed by atoms with Crippen LogP contribution in [0.3, 0.4) is 0 Å². The normalized spacial score (nSPS) is 26.0. The lowest BCUT2D eigenvalue weighted by atomic mass is 9.97. The summed E-state index contributed by atoms with van der Waals surface area (Å²) in [6.07, 6.45) is 44.5. The summed E-state index contributed by atoms with van der Waals surface area (Å²) in [7, 11) is 0. The van der Waals surface area contributed by atoms with Gasteiger partial charge in [-0.3, -0.25) is 4.79 Å². The topological polar surface area (TPSA) is 228 Å². The van der Waals surface area contributed by atoms with Gasteiger partial charge in [0.15, 0.2) is 12.6 Å². The molecule has 2 rings (SSSR count). The molecule has 12 atom stereocenters. The highest BCUT2D eigenvalue weighted by Crippen LogP contribution is 2.30. The molecular formula is C60H101NO13. The van der Waals surface area contributed by atoms with Gasteiger partial charge < -0.3 is 65.1 Å². The summed E-state index contributed by atoms with van der Waals surface area (Å²) in [5, 5.41) is 86.9. The first-order chi connectivity index (χ1) is 36.1. The van der Waals surface area contributed by atoms with Crippen LogP contribution < -0.4 is 5.32 Å². The van der Waals surface area contributed by atoms with Gasteiger partial charge in [-0.15, -0.1) is 0 Å². The number of allylic oxidation sites excluding steroid dienone is 15. The van der Waals surface area contributed by atoms with Crippen LogP contribution in [0.5, 0.6) is 0 Å². The first-order valence-electron chi connectivity index (χ1n) is 28.5. The summed E-state index contributed by atoms with van der Waals surface area (Å²) in [6, 6.07) is -0.944. The lowest BCUT2D eigenvalue weighted by Crippen LogP contribution is -2.65. The Morgan fingerprint density at radius 3 is 1.49 bits per heavy atom. The number of rotatable bonds is 43. The highest BCUT2D eigenvalue weighted by molar-refractivity contribution is 5.76. The number of aliphatic hydroxyl groups is 8. The molecule has 2 aliphatic rings. The molecule has 12 unspecified atom stereocenters. The molecule has 0 aromatic heterocycles. The molecule has 0 spiro atoms. The molecule has 14 heteroatoms. The van der Waals surface area contributed by atoms with Crippen LogP contribution in [-0.2, 0) is 23.7 Å². The highest BCUT2D eigenvalue weighted by Gasteiger charge is 2.51. The van der Waals surface area contributed by atoms with Gasteiger partial charge >= 0.3 is 0 Å². The highest BCUT2D eigenvalue weighted by atomic mass is 16.7. The third-order valence-electron chi connectivity index (χ3n) is 13.2. The van der Waals surface area contributed by atoms with Crippen molar-refractivity contribution in [1.82, 2.24) is 5.32 Å². The number of aliphatic hydroxyl groups excluding tert-OH is 8. The molecule has 0 radical (unpaired) electrons. The largest absolute Gasteiger partial charge is 0.394 e. The number of unbranched alkanes of at least 4 members (excludes halogenated alkanes) is 16. The second kappa shape index (κ2) is 45.0. The molecule has 14 nitrogen and oxygen atoms in total. The van der Waals surface area contributed by atoms with E-state index >= 15 is 0 Å². The number of ether oxygens (including phenoxy) is 4. The molecule has 0 aliphatic carbocycles. The third kappa shape index (κ3) is 30.6. The zero-order valence-electron chi connectivity index (χ0n) is 45.3. The second-order valence-electron chi connectivity index (χ2n) is 19.7. The average molecular weight is 1040 g/mol. The maximum Gasteiger partial charge on any atom is 0.220 e. The van der Waals surface area contributed by atoms with Crippen LogP contribution >= 0.6 is 0 Å². The van der Waals surface area contributed by atoms with E-state index in [2.05, 4.69) is 104 Å². The molecule has 2 heterocycles. The molecule has 2 aliphatic heterocycles. The summed E-state index contributed by atoms with van der Waals surface area (Å²) in [4.78, 5) is 13.2. The summed E-state index contributed by atoms with van der Waals surface area (Å²) < 4.78 is 22.7. The Morgan fingerprint density at radius 2 is 0.946 bits per heavy atom. The van der Waals surface area contributed by atoms with Crippen LogP contribution in [0.1, 0.15) is 181 Å². The molecule has 9 N–H and O–H groups in total. The van der Waals surface area contributed by atoms with Gasteiger partial charge in [0.05, 0.1) is 32.0 Å². The zero-order chi connectivity index (χ0) is 53.9. The lowest BCUT2D eigenvalue weighted by Gasteiger charge is -2.46. The van der Waals surface area contributed by atoms with Crippen molar-refractivity contribution in [3.8, 4) is 0 Å². The zero-order valence-corrected chi connectivity index (χ0v) is 45.3. The fraction of sp³-hybridized carbons (Fsp3) is 0.717. The number of amides is 1. The SMILES string of the molecule is CC/C=C\C/C=C\C/C=C\C/C=C\C/C=C\CCCCCCCCCCCCCC(=O)NC(COC1OC(CO)C(OC2OC(CO)C(O)C(O)C2O)C(O)C1O)C(O)/C=C/CC/C=C/CC/C=C/CCCCC. The van der Waals surface area contributed by atoms with Gasteiger partial charge in [-0.2, -0.15) is 0 Å². The lowest BCUT2D eigenvalue weighted by molar-refractivity contribution is -0.359. The minimum atomic E-state index is -1.80. The fourth-order valence-electron chi connectivity index (χ4n) is 8.64. The fourth-order valence-corrected chi connectivity index (χ4v) is 8.64.